The van der Waals surface area contributed by atoms with Gasteiger partial charge in [0.05, 0.1) is 17.3 Å². The normalized spacial score (nSPS) is 14.6. The third kappa shape index (κ3) is 4.31. The number of furan rings is 1. The zero-order valence-corrected chi connectivity index (χ0v) is 18.5. The highest BCUT2D eigenvalue weighted by Gasteiger charge is 2.31. The second-order valence-corrected chi connectivity index (χ2v) is 8.30. The van der Waals surface area contributed by atoms with Crippen molar-refractivity contribution in [3.05, 3.63) is 77.0 Å². The number of alkyl halides is 3. The molecule has 0 aliphatic carbocycles. The van der Waals surface area contributed by atoms with Crippen LogP contribution in [0.25, 0.3) is 22.5 Å². The predicted molar refractivity (Wildman–Crippen MR) is 122 cm³/mol. The average Bonchev–Trinajstić information content (AvgIpc) is 3.37. The molecule has 0 atom stereocenters. The number of halogens is 4. The van der Waals surface area contributed by atoms with Crippen molar-refractivity contribution in [3.8, 4) is 11.6 Å². The summed E-state index contributed by atoms with van der Waals surface area (Å²) < 4.78 is 43.9. The molecule has 174 valence electrons. The summed E-state index contributed by atoms with van der Waals surface area (Å²) in [6, 6.07) is 13.2. The number of hydrogen-bond acceptors (Lipinski definition) is 5. The molecule has 2 aromatic carbocycles. The van der Waals surface area contributed by atoms with Gasteiger partial charge in [0.25, 0.3) is 5.91 Å². The Morgan fingerprint density at radius 3 is 2.35 bits per heavy atom. The lowest BCUT2D eigenvalue weighted by molar-refractivity contribution is -0.137. The highest BCUT2D eigenvalue weighted by atomic mass is 35.5. The van der Waals surface area contributed by atoms with Crippen molar-refractivity contribution in [1.29, 1.82) is 0 Å². The fraction of sp³-hybridized carbons (Fsp3) is 0.208. The van der Waals surface area contributed by atoms with E-state index in [-0.39, 0.29) is 11.5 Å². The van der Waals surface area contributed by atoms with Crippen LogP contribution in [0, 0.1) is 0 Å². The molecule has 0 unspecified atom stereocenters. The van der Waals surface area contributed by atoms with Crippen molar-refractivity contribution in [3.63, 3.8) is 0 Å². The van der Waals surface area contributed by atoms with Crippen LogP contribution >= 0.6 is 11.6 Å². The van der Waals surface area contributed by atoms with E-state index in [4.69, 9.17) is 21.0 Å². The van der Waals surface area contributed by atoms with Gasteiger partial charge in [-0.05, 0) is 54.6 Å². The molecule has 4 aromatic rings. The summed E-state index contributed by atoms with van der Waals surface area (Å²) in [6.45, 7) is 1.79. The molecule has 3 heterocycles. The quantitative estimate of drug-likeness (QED) is 0.381. The molecule has 1 amide bonds. The van der Waals surface area contributed by atoms with Gasteiger partial charge < -0.3 is 14.2 Å². The Balaban J connectivity index is 1.37. The maximum absolute atomic E-state index is 12.8. The van der Waals surface area contributed by atoms with E-state index < -0.39 is 11.7 Å². The molecule has 0 spiro atoms. The van der Waals surface area contributed by atoms with Crippen LogP contribution in [-0.4, -0.2) is 47.0 Å². The van der Waals surface area contributed by atoms with Crippen LogP contribution in [0.1, 0.15) is 15.9 Å². The standard InChI is InChI=1S/C24H18ClF3N4O2/c25-17-7-8-18-19(14-17)29-21(20-2-1-13-34-20)30-22(18)31-9-11-32(12-10-31)23(33)15-3-5-16(6-4-15)24(26,27)28/h1-8,13-14H,9-12H2. The maximum atomic E-state index is 12.8. The van der Waals surface area contributed by atoms with Crippen LogP contribution in [-0.2, 0) is 6.18 Å². The van der Waals surface area contributed by atoms with Gasteiger partial charge in [-0.25, -0.2) is 9.97 Å². The van der Waals surface area contributed by atoms with E-state index in [9.17, 15) is 18.0 Å². The Bertz CT molecular complexity index is 1330. The Hall–Kier alpha value is -3.59. The van der Waals surface area contributed by atoms with E-state index in [1.165, 1.54) is 12.1 Å². The summed E-state index contributed by atoms with van der Waals surface area (Å²) in [5, 5.41) is 1.37. The second kappa shape index (κ2) is 8.64. The molecule has 6 nitrogen and oxygen atoms in total. The summed E-state index contributed by atoms with van der Waals surface area (Å²) in [5.41, 5.74) is 0.118. The van der Waals surface area contributed by atoms with E-state index in [1.54, 1.807) is 35.4 Å². The van der Waals surface area contributed by atoms with Crippen LogP contribution in [0.5, 0.6) is 0 Å². The Labute approximate surface area is 197 Å². The van der Waals surface area contributed by atoms with Gasteiger partial charge in [-0.15, -0.1) is 0 Å². The number of fused-ring (bicyclic) bond motifs is 1. The number of carbonyl (C=O) groups is 1. The lowest BCUT2D eigenvalue weighted by Gasteiger charge is -2.36. The van der Waals surface area contributed by atoms with Crippen molar-refractivity contribution in [2.75, 3.05) is 31.1 Å². The Morgan fingerprint density at radius 1 is 0.971 bits per heavy atom. The van der Waals surface area contributed by atoms with Crippen LogP contribution in [0.15, 0.2) is 65.3 Å². The first-order valence-electron chi connectivity index (χ1n) is 10.5. The Kier molecular flexibility index (Phi) is 5.65. The third-order valence-corrected chi connectivity index (χ3v) is 5.94. The van der Waals surface area contributed by atoms with Crippen molar-refractivity contribution in [2.45, 2.75) is 6.18 Å². The average molecular weight is 487 g/mol. The van der Waals surface area contributed by atoms with Gasteiger partial charge in [0.1, 0.15) is 5.82 Å². The molecule has 0 N–H and O–H groups in total. The van der Waals surface area contributed by atoms with E-state index in [0.717, 1.165) is 17.5 Å². The largest absolute Gasteiger partial charge is 0.461 e. The number of nitrogens with zero attached hydrogens (tertiary/aromatic N) is 4. The van der Waals surface area contributed by atoms with Crippen molar-refractivity contribution >= 4 is 34.2 Å². The molecule has 1 aliphatic heterocycles. The lowest BCUT2D eigenvalue weighted by Crippen LogP contribution is -2.49. The number of benzene rings is 2. The molecule has 0 saturated carbocycles. The zero-order valence-electron chi connectivity index (χ0n) is 17.7. The number of rotatable bonds is 3. The summed E-state index contributed by atoms with van der Waals surface area (Å²) >= 11 is 6.18. The number of aromatic nitrogens is 2. The fourth-order valence-electron chi connectivity index (χ4n) is 3.95. The summed E-state index contributed by atoms with van der Waals surface area (Å²) in [7, 11) is 0. The first-order chi connectivity index (χ1) is 16.3. The number of carbonyl (C=O) groups excluding carboxylic acids is 1. The van der Waals surface area contributed by atoms with Crippen LogP contribution in [0.4, 0.5) is 19.0 Å². The molecule has 0 radical (unpaired) electrons. The highest BCUT2D eigenvalue weighted by molar-refractivity contribution is 6.31. The van der Waals surface area contributed by atoms with Gasteiger partial charge in [0, 0.05) is 42.2 Å². The van der Waals surface area contributed by atoms with E-state index in [0.29, 0.717) is 54.1 Å². The molecule has 2 aromatic heterocycles. The van der Waals surface area contributed by atoms with Gasteiger partial charge >= 0.3 is 6.18 Å². The van der Waals surface area contributed by atoms with E-state index >= 15 is 0 Å². The smallest absolute Gasteiger partial charge is 0.416 e. The van der Waals surface area contributed by atoms with Gasteiger partial charge in [0.2, 0.25) is 0 Å². The molecule has 34 heavy (non-hydrogen) atoms. The molecular formula is C24H18ClF3N4O2. The summed E-state index contributed by atoms with van der Waals surface area (Å²) in [4.78, 5) is 25.8. The number of piperazine rings is 1. The molecule has 1 fully saturated rings. The third-order valence-electron chi connectivity index (χ3n) is 5.71. The molecule has 1 saturated heterocycles. The lowest BCUT2D eigenvalue weighted by atomic mass is 10.1. The molecule has 10 heteroatoms. The minimum Gasteiger partial charge on any atom is -0.461 e. The first-order valence-corrected chi connectivity index (χ1v) is 10.9. The zero-order chi connectivity index (χ0) is 23.9. The van der Waals surface area contributed by atoms with E-state index in [2.05, 4.69) is 9.88 Å². The number of hydrogen-bond donors (Lipinski definition) is 0. The SMILES string of the molecule is O=C(c1ccc(C(F)(F)F)cc1)N1CCN(c2nc(-c3ccco3)nc3cc(Cl)ccc23)CC1. The van der Waals surface area contributed by atoms with Gasteiger partial charge in [-0.1, -0.05) is 11.6 Å². The van der Waals surface area contributed by atoms with Gasteiger partial charge in [0.15, 0.2) is 11.6 Å². The minimum atomic E-state index is -4.44. The second-order valence-electron chi connectivity index (χ2n) is 7.86. The van der Waals surface area contributed by atoms with Gasteiger partial charge in [-0.3, -0.25) is 4.79 Å². The van der Waals surface area contributed by atoms with Crippen LogP contribution in [0.3, 0.4) is 0 Å². The highest BCUT2D eigenvalue weighted by Crippen LogP contribution is 2.31. The van der Waals surface area contributed by atoms with Crippen molar-refractivity contribution in [1.82, 2.24) is 14.9 Å². The monoisotopic (exact) mass is 486 g/mol. The van der Waals surface area contributed by atoms with Crippen molar-refractivity contribution < 1.29 is 22.4 Å². The predicted octanol–water partition coefficient (Wildman–Crippen LogP) is 5.52. The van der Waals surface area contributed by atoms with Gasteiger partial charge in [-0.2, -0.15) is 13.2 Å². The summed E-state index contributed by atoms with van der Waals surface area (Å²) in [5.74, 6) is 1.36. The maximum Gasteiger partial charge on any atom is 0.416 e. The Morgan fingerprint density at radius 2 is 1.71 bits per heavy atom. The molecule has 1 aliphatic rings. The van der Waals surface area contributed by atoms with E-state index in [1.807, 2.05) is 6.07 Å². The van der Waals surface area contributed by atoms with Crippen LogP contribution < -0.4 is 4.90 Å². The number of amides is 1. The molecular weight excluding hydrogens is 469 g/mol. The molecule has 0 bridgehead atoms. The van der Waals surface area contributed by atoms with Crippen molar-refractivity contribution in [2.24, 2.45) is 0 Å². The first kappa shape index (κ1) is 22.2. The summed E-state index contributed by atoms with van der Waals surface area (Å²) in [6.07, 6.45) is -2.89. The number of anilines is 1. The topological polar surface area (TPSA) is 62.5 Å². The minimum absolute atomic E-state index is 0.226. The fourth-order valence-corrected chi connectivity index (χ4v) is 4.12. The van der Waals surface area contributed by atoms with Crippen LogP contribution in [0.2, 0.25) is 5.02 Å². The molecule has 5 rings (SSSR count).